The minimum atomic E-state index is -0.939. The number of amides is 2. The predicted molar refractivity (Wildman–Crippen MR) is 86.4 cm³/mol. The molecule has 0 saturated carbocycles. The van der Waals surface area contributed by atoms with Gasteiger partial charge in [0, 0.05) is 19.6 Å². The highest BCUT2D eigenvalue weighted by molar-refractivity contribution is 5.82. The lowest BCUT2D eigenvalue weighted by atomic mass is 9.97. The van der Waals surface area contributed by atoms with Crippen molar-refractivity contribution in [2.24, 2.45) is 5.92 Å². The zero-order valence-corrected chi connectivity index (χ0v) is 14.0. The number of carboxylic acid groups (broad SMARTS) is 1. The summed E-state index contributed by atoms with van der Waals surface area (Å²) in [6, 6.07) is 0. The quantitative estimate of drug-likeness (QED) is 0.581. The number of piperidine rings is 2. The Labute approximate surface area is 141 Å². The van der Waals surface area contributed by atoms with Crippen LogP contribution in [0.5, 0.6) is 0 Å². The van der Waals surface area contributed by atoms with Crippen LogP contribution >= 0.6 is 0 Å². The first-order chi connectivity index (χ1) is 11.6. The van der Waals surface area contributed by atoms with Crippen molar-refractivity contribution in [2.75, 3.05) is 39.3 Å². The molecule has 2 heterocycles. The zero-order valence-electron chi connectivity index (χ0n) is 14.0. The molecule has 0 unspecified atom stereocenters. The van der Waals surface area contributed by atoms with Crippen molar-refractivity contribution in [3.05, 3.63) is 0 Å². The smallest absolute Gasteiger partial charge is 0.305 e. The number of carbonyl (C=O) groups excluding carboxylic acids is 2. The van der Waals surface area contributed by atoms with Gasteiger partial charge in [-0.3, -0.25) is 14.4 Å². The maximum Gasteiger partial charge on any atom is 0.305 e. The fourth-order valence-corrected chi connectivity index (χ4v) is 3.10. The molecule has 2 rings (SSSR count). The number of hydrogen-bond donors (Lipinski definition) is 3. The predicted octanol–water partition coefficient (Wildman–Crippen LogP) is -0.415. The van der Waals surface area contributed by atoms with Gasteiger partial charge in [0.25, 0.3) is 0 Å². The average Bonchev–Trinajstić information content (AvgIpc) is 2.60. The Hall–Kier alpha value is -1.67. The summed E-state index contributed by atoms with van der Waals surface area (Å²) in [5, 5.41) is 14.5. The summed E-state index contributed by atoms with van der Waals surface area (Å²) in [4.78, 5) is 36.5. The van der Waals surface area contributed by atoms with E-state index >= 15 is 0 Å². The van der Waals surface area contributed by atoms with Crippen LogP contribution in [0.25, 0.3) is 0 Å². The standard InChI is InChI=1S/C16H27N3O5/c20-14(11-24-13-3-6-17-7-4-13)19-9-1-2-12(10-19)16(23)18-8-5-15(21)22/h12-13,17H,1-11H2,(H,18,23)(H,21,22)/t12-/m0/s1. The van der Waals surface area contributed by atoms with Crippen LogP contribution in [0.15, 0.2) is 0 Å². The summed E-state index contributed by atoms with van der Waals surface area (Å²) >= 11 is 0. The Morgan fingerprint density at radius 1 is 1.21 bits per heavy atom. The van der Waals surface area contributed by atoms with Crippen LogP contribution in [0.1, 0.15) is 32.1 Å². The van der Waals surface area contributed by atoms with Crippen LogP contribution in [0.2, 0.25) is 0 Å². The summed E-state index contributed by atoms with van der Waals surface area (Å²) in [6.45, 7) is 3.05. The molecule has 2 aliphatic rings. The normalized spacial score (nSPS) is 22.2. The van der Waals surface area contributed by atoms with Crippen molar-refractivity contribution >= 4 is 17.8 Å². The molecule has 0 aromatic carbocycles. The molecule has 0 aliphatic carbocycles. The topological polar surface area (TPSA) is 108 Å². The molecule has 0 bridgehead atoms. The van der Waals surface area contributed by atoms with Crippen molar-refractivity contribution < 1.29 is 24.2 Å². The summed E-state index contributed by atoms with van der Waals surface area (Å²) in [7, 11) is 0. The van der Waals surface area contributed by atoms with Gasteiger partial charge in [-0.2, -0.15) is 0 Å². The van der Waals surface area contributed by atoms with E-state index in [4.69, 9.17) is 9.84 Å². The second-order valence-electron chi connectivity index (χ2n) is 6.37. The fraction of sp³-hybridized carbons (Fsp3) is 0.812. The first-order valence-electron chi connectivity index (χ1n) is 8.66. The van der Waals surface area contributed by atoms with Crippen molar-refractivity contribution in [3.63, 3.8) is 0 Å². The van der Waals surface area contributed by atoms with Crippen LogP contribution < -0.4 is 10.6 Å². The van der Waals surface area contributed by atoms with E-state index in [2.05, 4.69) is 10.6 Å². The van der Waals surface area contributed by atoms with Gasteiger partial charge in [0.15, 0.2) is 0 Å². The number of hydrogen-bond acceptors (Lipinski definition) is 5. The monoisotopic (exact) mass is 341 g/mol. The molecule has 3 N–H and O–H groups in total. The molecule has 2 saturated heterocycles. The largest absolute Gasteiger partial charge is 0.481 e. The van der Waals surface area contributed by atoms with E-state index in [1.54, 1.807) is 4.90 Å². The van der Waals surface area contributed by atoms with Gasteiger partial charge < -0.3 is 25.4 Å². The summed E-state index contributed by atoms with van der Waals surface area (Å²) in [6.07, 6.45) is 3.37. The van der Waals surface area contributed by atoms with Crippen LogP contribution in [0, 0.1) is 5.92 Å². The molecule has 8 nitrogen and oxygen atoms in total. The van der Waals surface area contributed by atoms with Gasteiger partial charge in [-0.1, -0.05) is 0 Å². The Morgan fingerprint density at radius 2 is 1.96 bits per heavy atom. The molecule has 2 amide bonds. The molecular formula is C16H27N3O5. The average molecular weight is 341 g/mol. The maximum atomic E-state index is 12.3. The fourth-order valence-electron chi connectivity index (χ4n) is 3.10. The van der Waals surface area contributed by atoms with Crippen LogP contribution in [0.4, 0.5) is 0 Å². The van der Waals surface area contributed by atoms with Gasteiger partial charge in [0.1, 0.15) is 6.61 Å². The van der Waals surface area contributed by atoms with E-state index in [0.717, 1.165) is 38.8 Å². The Kier molecular flexibility index (Phi) is 7.45. The number of likely N-dealkylation sites (tertiary alicyclic amines) is 1. The minimum absolute atomic E-state index is 0.0675. The summed E-state index contributed by atoms with van der Waals surface area (Å²) < 4.78 is 5.69. The Balaban J connectivity index is 1.71. The van der Waals surface area contributed by atoms with Crippen LogP contribution in [0.3, 0.4) is 0 Å². The van der Waals surface area contributed by atoms with E-state index < -0.39 is 5.97 Å². The number of carboxylic acids is 1. The van der Waals surface area contributed by atoms with Crippen molar-refractivity contribution in [2.45, 2.75) is 38.2 Å². The van der Waals surface area contributed by atoms with Gasteiger partial charge in [-0.05, 0) is 38.8 Å². The first-order valence-corrected chi connectivity index (χ1v) is 8.66. The lowest BCUT2D eigenvalue weighted by Gasteiger charge is -2.32. The Bertz CT molecular complexity index is 451. The zero-order chi connectivity index (χ0) is 17.4. The minimum Gasteiger partial charge on any atom is -0.481 e. The summed E-state index contributed by atoms with van der Waals surface area (Å²) in [5.41, 5.74) is 0. The summed E-state index contributed by atoms with van der Waals surface area (Å²) in [5.74, 6) is -1.45. The molecule has 0 aromatic heterocycles. The lowest BCUT2D eigenvalue weighted by Crippen LogP contribution is -2.47. The van der Waals surface area contributed by atoms with Crippen molar-refractivity contribution in [1.29, 1.82) is 0 Å². The molecule has 0 spiro atoms. The highest BCUT2D eigenvalue weighted by Gasteiger charge is 2.28. The van der Waals surface area contributed by atoms with Gasteiger partial charge in [0.2, 0.25) is 11.8 Å². The number of nitrogens with one attached hydrogen (secondary N) is 2. The lowest BCUT2D eigenvalue weighted by molar-refractivity contribution is -0.142. The third-order valence-corrected chi connectivity index (χ3v) is 4.51. The highest BCUT2D eigenvalue weighted by atomic mass is 16.5. The highest BCUT2D eigenvalue weighted by Crippen LogP contribution is 2.17. The second kappa shape index (κ2) is 9.58. The molecule has 136 valence electrons. The molecule has 1 atom stereocenters. The van der Waals surface area contributed by atoms with E-state index in [-0.39, 0.29) is 43.4 Å². The van der Waals surface area contributed by atoms with Crippen LogP contribution in [-0.4, -0.2) is 73.2 Å². The van der Waals surface area contributed by atoms with Gasteiger partial charge in [-0.25, -0.2) is 0 Å². The molecule has 0 aromatic rings. The number of rotatable bonds is 7. The molecule has 24 heavy (non-hydrogen) atoms. The van der Waals surface area contributed by atoms with E-state index in [0.29, 0.717) is 13.1 Å². The van der Waals surface area contributed by atoms with Gasteiger partial charge >= 0.3 is 5.97 Å². The SMILES string of the molecule is O=C(O)CCNC(=O)[C@H]1CCCN(C(=O)COC2CCNCC2)C1. The maximum absolute atomic E-state index is 12.3. The number of aliphatic carboxylic acids is 1. The second-order valence-corrected chi connectivity index (χ2v) is 6.37. The molecule has 8 heteroatoms. The molecule has 2 aliphatic heterocycles. The Morgan fingerprint density at radius 3 is 2.67 bits per heavy atom. The molecule has 2 fully saturated rings. The molecule has 0 radical (unpaired) electrons. The molecular weight excluding hydrogens is 314 g/mol. The van der Waals surface area contributed by atoms with E-state index in [1.807, 2.05) is 0 Å². The third kappa shape index (κ3) is 6.09. The van der Waals surface area contributed by atoms with E-state index in [1.165, 1.54) is 0 Å². The number of nitrogens with zero attached hydrogens (tertiary/aromatic N) is 1. The van der Waals surface area contributed by atoms with Gasteiger partial charge in [-0.15, -0.1) is 0 Å². The third-order valence-electron chi connectivity index (χ3n) is 4.51. The van der Waals surface area contributed by atoms with Crippen molar-refractivity contribution in [3.8, 4) is 0 Å². The van der Waals surface area contributed by atoms with E-state index in [9.17, 15) is 14.4 Å². The van der Waals surface area contributed by atoms with Gasteiger partial charge in [0.05, 0.1) is 18.4 Å². The van der Waals surface area contributed by atoms with Crippen LogP contribution in [-0.2, 0) is 19.1 Å². The number of ether oxygens (including phenoxy) is 1. The number of carbonyl (C=O) groups is 3. The first kappa shape index (κ1) is 18.7. The van der Waals surface area contributed by atoms with Crippen molar-refractivity contribution in [1.82, 2.24) is 15.5 Å².